The molecule has 2 rings (SSSR count). The van der Waals surface area contributed by atoms with E-state index in [0.29, 0.717) is 18.7 Å². The number of halogens is 1. The third-order valence-corrected chi connectivity index (χ3v) is 4.28. The van der Waals surface area contributed by atoms with E-state index in [1.54, 1.807) is 11.0 Å². The summed E-state index contributed by atoms with van der Waals surface area (Å²) in [6.07, 6.45) is 2.64. The van der Waals surface area contributed by atoms with Crippen LogP contribution in [-0.4, -0.2) is 34.7 Å². The van der Waals surface area contributed by atoms with Crippen molar-refractivity contribution in [3.05, 3.63) is 80.9 Å². The van der Waals surface area contributed by atoms with Crippen molar-refractivity contribution in [2.45, 2.75) is 13.5 Å². The second kappa shape index (κ2) is 10.2. The molecular formula is C20H20ClN3O4. The van der Waals surface area contributed by atoms with E-state index in [9.17, 15) is 19.7 Å². The molecule has 0 aromatic heterocycles. The molecule has 8 heteroatoms. The minimum Gasteiger partial charge on any atom is -0.343 e. The van der Waals surface area contributed by atoms with Crippen LogP contribution >= 0.6 is 11.6 Å². The van der Waals surface area contributed by atoms with Crippen LogP contribution in [0.4, 0.5) is 5.69 Å². The molecule has 0 radical (unpaired) electrons. The average molecular weight is 402 g/mol. The smallest absolute Gasteiger partial charge is 0.288 e. The fraction of sp³-hybridized carbons (Fsp3) is 0.200. The van der Waals surface area contributed by atoms with Gasteiger partial charge in [0.15, 0.2) is 0 Å². The van der Waals surface area contributed by atoms with E-state index in [1.807, 2.05) is 37.3 Å². The molecule has 0 bridgehead atoms. The van der Waals surface area contributed by atoms with Crippen molar-refractivity contribution in [2.75, 3.05) is 13.1 Å². The predicted molar refractivity (Wildman–Crippen MR) is 108 cm³/mol. The Hall–Kier alpha value is -3.19. The quantitative estimate of drug-likeness (QED) is 0.416. The minimum absolute atomic E-state index is 0.0234. The average Bonchev–Trinajstić information content (AvgIpc) is 2.70. The van der Waals surface area contributed by atoms with E-state index < -0.39 is 10.8 Å². The number of nitro benzene ring substituents is 1. The number of nitro groups is 1. The molecule has 146 valence electrons. The lowest BCUT2D eigenvalue weighted by molar-refractivity contribution is -0.384. The second-order valence-electron chi connectivity index (χ2n) is 5.91. The zero-order chi connectivity index (χ0) is 20.5. The molecule has 0 saturated carbocycles. The molecule has 2 aromatic carbocycles. The fourth-order valence-electron chi connectivity index (χ4n) is 2.46. The highest BCUT2D eigenvalue weighted by Gasteiger charge is 2.13. The molecule has 2 aromatic rings. The maximum atomic E-state index is 12.3. The first kappa shape index (κ1) is 21.1. The van der Waals surface area contributed by atoms with Crippen LogP contribution in [-0.2, 0) is 16.1 Å². The normalized spacial score (nSPS) is 10.6. The highest BCUT2D eigenvalue weighted by atomic mass is 35.5. The topological polar surface area (TPSA) is 92.6 Å². The lowest BCUT2D eigenvalue weighted by atomic mass is 10.2. The summed E-state index contributed by atoms with van der Waals surface area (Å²) < 4.78 is 0. The van der Waals surface area contributed by atoms with E-state index in [4.69, 9.17) is 11.6 Å². The predicted octanol–water partition coefficient (Wildman–Crippen LogP) is 3.43. The molecule has 0 spiro atoms. The standard InChI is InChI=1S/C20H20ClN3O4/c1-2-23(14-16-6-4-3-5-7-16)20(26)13-22-19(25)11-9-15-8-10-17(21)18(12-15)24(27)28/h3-12H,2,13-14H2,1H3,(H,22,25). The van der Waals surface area contributed by atoms with E-state index in [0.717, 1.165) is 5.56 Å². The number of nitrogens with one attached hydrogen (secondary N) is 1. The number of hydrogen-bond donors (Lipinski definition) is 1. The number of amides is 2. The Morgan fingerprint density at radius 2 is 1.93 bits per heavy atom. The van der Waals surface area contributed by atoms with Gasteiger partial charge in [-0.1, -0.05) is 48.0 Å². The van der Waals surface area contributed by atoms with Gasteiger partial charge in [-0.3, -0.25) is 19.7 Å². The maximum absolute atomic E-state index is 12.3. The molecule has 1 N–H and O–H groups in total. The third-order valence-electron chi connectivity index (χ3n) is 3.96. The summed E-state index contributed by atoms with van der Waals surface area (Å²) >= 11 is 5.75. The summed E-state index contributed by atoms with van der Waals surface area (Å²) in [4.78, 5) is 36.2. The molecule has 0 heterocycles. The number of hydrogen-bond acceptors (Lipinski definition) is 4. The van der Waals surface area contributed by atoms with Crippen molar-refractivity contribution in [3.8, 4) is 0 Å². The first-order chi connectivity index (χ1) is 13.4. The summed E-state index contributed by atoms with van der Waals surface area (Å²) in [6, 6.07) is 13.8. The number of carbonyl (C=O) groups is 2. The van der Waals surface area contributed by atoms with Crippen molar-refractivity contribution >= 4 is 35.2 Å². The van der Waals surface area contributed by atoms with Crippen LogP contribution < -0.4 is 5.32 Å². The van der Waals surface area contributed by atoms with Gasteiger partial charge in [0.25, 0.3) is 5.69 Å². The number of carbonyl (C=O) groups excluding carboxylic acids is 2. The van der Waals surface area contributed by atoms with Crippen LogP contribution in [0.5, 0.6) is 0 Å². The first-order valence-electron chi connectivity index (χ1n) is 8.62. The molecule has 28 heavy (non-hydrogen) atoms. The van der Waals surface area contributed by atoms with Gasteiger partial charge in [-0.05, 0) is 30.2 Å². The van der Waals surface area contributed by atoms with Gasteiger partial charge in [0.1, 0.15) is 5.02 Å². The Morgan fingerprint density at radius 1 is 1.21 bits per heavy atom. The van der Waals surface area contributed by atoms with Gasteiger partial charge in [-0.25, -0.2) is 0 Å². The summed E-state index contributed by atoms with van der Waals surface area (Å²) in [5, 5.41) is 13.4. The Bertz CT molecular complexity index is 884. The van der Waals surface area contributed by atoms with Gasteiger partial charge in [0.05, 0.1) is 11.5 Å². The Labute approximate surface area is 167 Å². The van der Waals surface area contributed by atoms with Crippen molar-refractivity contribution < 1.29 is 14.5 Å². The summed E-state index contributed by atoms with van der Waals surface area (Å²) in [5.74, 6) is -0.669. The Kier molecular flexibility index (Phi) is 7.71. The van der Waals surface area contributed by atoms with E-state index in [-0.39, 0.29) is 23.2 Å². The molecule has 0 unspecified atom stereocenters. The summed E-state index contributed by atoms with van der Waals surface area (Å²) in [6.45, 7) is 2.73. The summed E-state index contributed by atoms with van der Waals surface area (Å²) in [5.41, 5.74) is 1.23. The maximum Gasteiger partial charge on any atom is 0.288 e. The van der Waals surface area contributed by atoms with Gasteiger partial charge in [0, 0.05) is 25.2 Å². The van der Waals surface area contributed by atoms with E-state index in [1.165, 1.54) is 24.3 Å². The molecule has 0 aliphatic heterocycles. The lowest BCUT2D eigenvalue weighted by Crippen LogP contribution is -2.39. The van der Waals surface area contributed by atoms with Crippen molar-refractivity contribution in [1.82, 2.24) is 10.2 Å². The molecule has 0 atom stereocenters. The highest BCUT2D eigenvalue weighted by molar-refractivity contribution is 6.32. The van der Waals surface area contributed by atoms with Crippen LogP contribution in [0.25, 0.3) is 6.08 Å². The van der Waals surface area contributed by atoms with Crippen LogP contribution in [0.3, 0.4) is 0 Å². The van der Waals surface area contributed by atoms with Crippen LogP contribution in [0, 0.1) is 10.1 Å². The van der Waals surface area contributed by atoms with E-state index >= 15 is 0 Å². The SMILES string of the molecule is CCN(Cc1ccccc1)C(=O)CNC(=O)C=Cc1ccc(Cl)c([N+](=O)[O-])c1. The Balaban J connectivity index is 1.90. The van der Waals surface area contributed by atoms with Crippen molar-refractivity contribution in [1.29, 1.82) is 0 Å². The molecule has 0 fully saturated rings. The van der Waals surface area contributed by atoms with Gasteiger partial charge in [-0.2, -0.15) is 0 Å². The van der Waals surface area contributed by atoms with Gasteiger partial charge in [0.2, 0.25) is 11.8 Å². The molecule has 0 aliphatic rings. The number of nitrogens with zero attached hydrogens (tertiary/aromatic N) is 2. The highest BCUT2D eigenvalue weighted by Crippen LogP contribution is 2.25. The fourth-order valence-corrected chi connectivity index (χ4v) is 2.65. The number of benzene rings is 2. The molecule has 0 saturated heterocycles. The van der Waals surface area contributed by atoms with Crippen LogP contribution in [0.2, 0.25) is 5.02 Å². The molecule has 2 amide bonds. The number of rotatable bonds is 8. The zero-order valence-corrected chi connectivity index (χ0v) is 16.1. The molecular weight excluding hydrogens is 382 g/mol. The second-order valence-corrected chi connectivity index (χ2v) is 6.32. The lowest BCUT2D eigenvalue weighted by Gasteiger charge is -2.21. The zero-order valence-electron chi connectivity index (χ0n) is 15.3. The monoisotopic (exact) mass is 401 g/mol. The Morgan fingerprint density at radius 3 is 2.57 bits per heavy atom. The molecule has 7 nitrogen and oxygen atoms in total. The van der Waals surface area contributed by atoms with Crippen molar-refractivity contribution in [2.24, 2.45) is 0 Å². The van der Waals surface area contributed by atoms with Gasteiger partial charge in [-0.15, -0.1) is 0 Å². The number of likely N-dealkylation sites (N-methyl/N-ethyl adjacent to an activating group) is 1. The van der Waals surface area contributed by atoms with Crippen molar-refractivity contribution in [3.63, 3.8) is 0 Å². The van der Waals surface area contributed by atoms with Gasteiger partial charge >= 0.3 is 0 Å². The third kappa shape index (κ3) is 6.21. The van der Waals surface area contributed by atoms with Gasteiger partial charge < -0.3 is 10.2 Å². The minimum atomic E-state index is -0.593. The largest absolute Gasteiger partial charge is 0.343 e. The summed E-state index contributed by atoms with van der Waals surface area (Å²) in [7, 11) is 0. The van der Waals surface area contributed by atoms with E-state index in [2.05, 4.69) is 5.32 Å². The van der Waals surface area contributed by atoms with Crippen LogP contribution in [0.1, 0.15) is 18.1 Å². The van der Waals surface area contributed by atoms with Crippen LogP contribution in [0.15, 0.2) is 54.6 Å². The molecule has 0 aliphatic carbocycles. The first-order valence-corrected chi connectivity index (χ1v) is 9.00.